The molecule has 1 aliphatic rings. The van der Waals surface area contributed by atoms with Gasteiger partial charge in [0.25, 0.3) is 0 Å². The normalized spacial score (nSPS) is 16.7. The summed E-state index contributed by atoms with van der Waals surface area (Å²) in [7, 11) is 1.78. The number of piperidine rings is 1. The molecule has 0 atom stereocenters. The third kappa shape index (κ3) is 5.37. The number of rotatable bonds is 5. The average molecular weight is 396 g/mol. The molecule has 0 saturated carbocycles. The van der Waals surface area contributed by atoms with Gasteiger partial charge in [-0.05, 0) is 30.5 Å². The summed E-state index contributed by atoms with van der Waals surface area (Å²) in [4.78, 5) is 6.72. The molecule has 1 saturated heterocycles. The predicted molar refractivity (Wildman–Crippen MR) is 105 cm³/mol. The molecule has 3 rings (SSSR count). The SMILES string of the molecule is CN=C(NCc1ccon1)NC1CCN(Cc2ccc(Cl)c(Cl)c2)CC1. The van der Waals surface area contributed by atoms with Crippen molar-refractivity contribution < 1.29 is 4.52 Å². The Morgan fingerprint density at radius 2 is 2.08 bits per heavy atom. The molecule has 140 valence electrons. The Morgan fingerprint density at radius 1 is 1.27 bits per heavy atom. The highest BCUT2D eigenvalue weighted by Crippen LogP contribution is 2.24. The number of hydrogen-bond donors (Lipinski definition) is 2. The molecule has 0 amide bonds. The van der Waals surface area contributed by atoms with E-state index in [1.165, 1.54) is 5.56 Å². The molecule has 0 radical (unpaired) electrons. The maximum Gasteiger partial charge on any atom is 0.191 e. The third-order valence-electron chi connectivity index (χ3n) is 4.47. The Balaban J connectivity index is 1.43. The van der Waals surface area contributed by atoms with Gasteiger partial charge in [0.2, 0.25) is 0 Å². The van der Waals surface area contributed by atoms with Gasteiger partial charge in [0.1, 0.15) is 12.0 Å². The molecular weight excluding hydrogens is 373 g/mol. The summed E-state index contributed by atoms with van der Waals surface area (Å²) in [6, 6.07) is 8.08. The number of aromatic nitrogens is 1. The second-order valence-corrected chi connectivity index (χ2v) is 7.17. The van der Waals surface area contributed by atoms with Gasteiger partial charge in [-0.25, -0.2) is 0 Å². The lowest BCUT2D eigenvalue weighted by molar-refractivity contribution is 0.198. The zero-order valence-corrected chi connectivity index (χ0v) is 16.2. The molecule has 1 aliphatic heterocycles. The minimum Gasteiger partial charge on any atom is -0.364 e. The molecule has 6 nitrogen and oxygen atoms in total. The van der Waals surface area contributed by atoms with Crippen molar-refractivity contribution >= 4 is 29.2 Å². The van der Waals surface area contributed by atoms with E-state index in [9.17, 15) is 0 Å². The number of likely N-dealkylation sites (tertiary alicyclic amines) is 1. The van der Waals surface area contributed by atoms with E-state index in [2.05, 4.69) is 25.7 Å². The Bertz CT molecular complexity index is 727. The minimum atomic E-state index is 0.406. The molecule has 0 spiro atoms. The number of benzene rings is 1. The first kappa shape index (κ1) is 19.0. The van der Waals surface area contributed by atoms with Crippen molar-refractivity contribution in [2.75, 3.05) is 20.1 Å². The quantitative estimate of drug-likeness (QED) is 0.600. The van der Waals surface area contributed by atoms with Crippen molar-refractivity contribution in [2.45, 2.75) is 32.0 Å². The molecule has 2 N–H and O–H groups in total. The second kappa shape index (κ2) is 9.26. The van der Waals surface area contributed by atoms with Crippen LogP contribution in [0, 0.1) is 0 Å². The average Bonchev–Trinajstić information content (AvgIpc) is 3.17. The van der Waals surface area contributed by atoms with Gasteiger partial charge < -0.3 is 15.2 Å². The summed E-state index contributed by atoms with van der Waals surface area (Å²) < 4.78 is 4.83. The number of nitrogens with one attached hydrogen (secondary N) is 2. The summed E-state index contributed by atoms with van der Waals surface area (Å²) in [5.41, 5.74) is 2.04. The van der Waals surface area contributed by atoms with Gasteiger partial charge in [-0.15, -0.1) is 0 Å². The summed E-state index contributed by atoms with van der Waals surface area (Å²) >= 11 is 12.1. The largest absolute Gasteiger partial charge is 0.364 e. The molecule has 0 unspecified atom stereocenters. The van der Waals surface area contributed by atoms with E-state index in [1.54, 1.807) is 13.3 Å². The fourth-order valence-electron chi connectivity index (χ4n) is 3.02. The third-order valence-corrected chi connectivity index (χ3v) is 5.21. The van der Waals surface area contributed by atoms with Gasteiger partial charge in [0, 0.05) is 38.8 Å². The lowest BCUT2D eigenvalue weighted by atomic mass is 10.0. The zero-order chi connectivity index (χ0) is 18.4. The first-order valence-electron chi connectivity index (χ1n) is 8.67. The number of guanidine groups is 1. The summed E-state index contributed by atoms with van der Waals surface area (Å²) in [6.45, 7) is 3.53. The van der Waals surface area contributed by atoms with Crippen LogP contribution in [0.25, 0.3) is 0 Å². The second-order valence-electron chi connectivity index (χ2n) is 6.36. The van der Waals surface area contributed by atoms with Crippen LogP contribution in [0.15, 0.2) is 40.0 Å². The highest BCUT2D eigenvalue weighted by molar-refractivity contribution is 6.42. The minimum absolute atomic E-state index is 0.406. The molecule has 26 heavy (non-hydrogen) atoms. The van der Waals surface area contributed by atoms with E-state index >= 15 is 0 Å². The van der Waals surface area contributed by atoms with Crippen molar-refractivity contribution in [2.24, 2.45) is 4.99 Å². The maximum atomic E-state index is 6.10. The molecule has 1 fully saturated rings. The first-order valence-corrected chi connectivity index (χ1v) is 9.42. The first-order chi connectivity index (χ1) is 12.6. The molecule has 1 aromatic heterocycles. The van der Waals surface area contributed by atoms with E-state index in [1.807, 2.05) is 24.3 Å². The summed E-state index contributed by atoms with van der Waals surface area (Å²) in [5, 5.41) is 11.8. The molecule has 0 bridgehead atoms. The van der Waals surface area contributed by atoms with E-state index in [4.69, 9.17) is 27.7 Å². The molecule has 1 aromatic carbocycles. The molecule has 0 aliphatic carbocycles. The van der Waals surface area contributed by atoms with Crippen LogP contribution in [0.5, 0.6) is 0 Å². The predicted octanol–water partition coefficient (Wildman–Crippen LogP) is 3.31. The number of nitrogens with zero attached hydrogens (tertiary/aromatic N) is 3. The Labute approximate surface area is 163 Å². The summed E-state index contributed by atoms with van der Waals surface area (Å²) in [5.74, 6) is 0.788. The highest BCUT2D eigenvalue weighted by atomic mass is 35.5. The molecular formula is C18H23Cl2N5O. The molecule has 8 heteroatoms. The Kier molecular flexibility index (Phi) is 6.77. The fraction of sp³-hybridized carbons (Fsp3) is 0.444. The van der Waals surface area contributed by atoms with Gasteiger partial charge in [0.05, 0.1) is 16.6 Å². The van der Waals surface area contributed by atoms with E-state index in [0.29, 0.717) is 22.6 Å². The zero-order valence-electron chi connectivity index (χ0n) is 14.7. The maximum absolute atomic E-state index is 6.10. The Hall–Kier alpha value is -1.76. The van der Waals surface area contributed by atoms with Crippen molar-refractivity contribution in [3.63, 3.8) is 0 Å². The molecule has 2 aromatic rings. The fourth-order valence-corrected chi connectivity index (χ4v) is 3.34. The van der Waals surface area contributed by atoms with Crippen LogP contribution < -0.4 is 10.6 Å². The lowest BCUT2D eigenvalue weighted by Crippen LogP contribution is -2.48. The van der Waals surface area contributed by atoms with Crippen LogP contribution in [-0.4, -0.2) is 42.2 Å². The summed E-state index contributed by atoms with van der Waals surface area (Å²) in [6.07, 6.45) is 3.69. The van der Waals surface area contributed by atoms with E-state index < -0.39 is 0 Å². The van der Waals surface area contributed by atoms with Crippen LogP contribution in [-0.2, 0) is 13.1 Å². The molecule has 2 heterocycles. The van der Waals surface area contributed by atoms with Crippen molar-refractivity contribution in [3.05, 3.63) is 51.8 Å². The lowest BCUT2D eigenvalue weighted by Gasteiger charge is -2.33. The van der Waals surface area contributed by atoms with Crippen LogP contribution in [0.2, 0.25) is 10.0 Å². The van der Waals surface area contributed by atoms with Crippen molar-refractivity contribution in [1.82, 2.24) is 20.7 Å². The smallest absolute Gasteiger partial charge is 0.191 e. The van der Waals surface area contributed by atoms with Crippen LogP contribution >= 0.6 is 23.2 Å². The van der Waals surface area contributed by atoms with Gasteiger partial charge in [0.15, 0.2) is 5.96 Å². The van der Waals surface area contributed by atoms with Gasteiger partial charge >= 0.3 is 0 Å². The van der Waals surface area contributed by atoms with Crippen LogP contribution in [0.3, 0.4) is 0 Å². The number of halogens is 2. The number of aliphatic imine (C=N–C) groups is 1. The standard InChI is InChI=1S/C18H23Cl2N5O/c1-21-18(22-11-15-6-9-26-24-15)23-14-4-7-25(8-5-14)12-13-2-3-16(19)17(20)10-13/h2-3,6,9-10,14H,4-5,7-8,11-12H2,1H3,(H2,21,22,23). The topological polar surface area (TPSA) is 65.7 Å². The van der Waals surface area contributed by atoms with Gasteiger partial charge in [-0.3, -0.25) is 9.89 Å². The van der Waals surface area contributed by atoms with E-state index in [-0.39, 0.29) is 0 Å². The van der Waals surface area contributed by atoms with Crippen molar-refractivity contribution in [3.8, 4) is 0 Å². The van der Waals surface area contributed by atoms with Gasteiger partial charge in [-0.2, -0.15) is 0 Å². The Morgan fingerprint density at radius 3 is 2.73 bits per heavy atom. The van der Waals surface area contributed by atoms with Crippen molar-refractivity contribution in [1.29, 1.82) is 0 Å². The highest BCUT2D eigenvalue weighted by Gasteiger charge is 2.20. The van der Waals surface area contributed by atoms with Gasteiger partial charge in [-0.1, -0.05) is 34.4 Å². The monoisotopic (exact) mass is 395 g/mol. The van der Waals surface area contributed by atoms with E-state index in [0.717, 1.165) is 44.1 Å². The number of hydrogen-bond acceptors (Lipinski definition) is 4. The van der Waals surface area contributed by atoms with Crippen LogP contribution in [0.1, 0.15) is 24.1 Å². The van der Waals surface area contributed by atoms with Crippen LogP contribution in [0.4, 0.5) is 0 Å².